The first-order valence-corrected chi connectivity index (χ1v) is 7.68. The number of nitrogen functional groups attached to an aromatic ring is 1. The van der Waals surface area contributed by atoms with Gasteiger partial charge in [0.15, 0.2) is 5.82 Å². The van der Waals surface area contributed by atoms with Gasteiger partial charge in [-0.2, -0.15) is 9.78 Å². The topological polar surface area (TPSA) is 83.0 Å². The van der Waals surface area contributed by atoms with Crippen molar-refractivity contribution in [2.45, 2.75) is 25.8 Å². The third-order valence-electron chi connectivity index (χ3n) is 2.77. The number of aryl methyl sites for hydroxylation is 1. The van der Waals surface area contributed by atoms with E-state index >= 15 is 0 Å². The number of carbonyl (C=O) groups is 1. The summed E-state index contributed by atoms with van der Waals surface area (Å²) in [4.78, 5) is 16.3. The average Bonchev–Trinajstić information content (AvgIpc) is 2.76. The fourth-order valence-corrected chi connectivity index (χ4v) is 2.60. The van der Waals surface area contributed by atoms with Gasteiger partial charge in [-0.05, 0) is 37.3 Å². The Kier molecular flexibility index (Phi) is 4.85. The van der Waals surface area contributed by atoms with Gasteiger partial charge in [-0.15, -0.1) is 11.8 Å². The summed E-state index contributed by atoms with van der Waals surface area (Å²) in [6.45, 7) is 5.99. The van der Waals surface area contributed by atoms with Gasteiger partial charge in [-0.1, -0.05) is 6.92 Å². The molecule has 0 aliphatic carbocycles. The minimum atomic E-state index is -0.454. The van der Waals surface area contributed by atoms with Crippen LogP contribution in [-0.4, -0.2) is 33.1 Å². The standard InChI is InChI=1S/C14H18N4O2S/c1-4-20-14(19)11-12(15)18(17-13(11)21-5-2)10-8-9(3)6-7-16-10/h6-8H,4-5,15H2,1-3H3. The van der Waals surface area contributed by atoms with E-state index in [4.69, 9.17) is 10.5 Å². The number of carbonyl (C=O) groups excluding carboxylic acids is 1. The second kappa shape index (κ2) is 6.62. The molecule has 2 rings (SSSR count). The van der Waals surface area contributed by atoms with Crippen LogP contribution in [0.4, 0.5) is 5.82 Å². The number of thioether (sulfide) groups is 1. The van der Waals surface area contributed by atoms with Gasteiger partial charge < -0.3 is 10.5 Å². The molecule has 112 valence electrons. The van der Waals surface area contributed by atoms with E-state index in [0.717, 1.165) is 11.3 Å². The highest BCUT2D eigenvalue weighted by atomic mass is 32.2. The van der Waals surface area contributed by atoms with Crippen LogP contribution in [0.25, 0.3) is 5.82 Å². The Hall–Kier alpha value is -2.02. The van der Waals surface area contributed by atoms with Crippen molar-refractivity contribution < 1.29 is 9.53 Å². The molecule has 0 aromatic carbocycles. The molecule has 0 saturated carbocycles. The van der Waals surface area contributed by atoms with Gasteiger partial charge in [-0.3, -0.25) is 0 Å². The van der Waals surface area contributed by atoms with Crippen molar-refractivity contribution in [1.82, 2.24) is 14.8 Å². The molecule has 0 aliphatic heterocycles. The predicted octanol–water partition coefficient (Wildman–Crippen LogP) is 2.45. The number of hydrogen-bond donors (Lipinski definition) is 1. The number of pyridine rings is 1. The van der Waals surface area contributed by atoms with Crippen molar-refractivity contribution >= 4 is 23.5 Å². The Morgan fingerprint density at radius 1 is 1.48 bits per heavy atom. The van der Waals surface area contributed by atoms with Crippen LogP contribution >= 0.6 is 11.8 Å². The minimum Gasteiger partial charge on any atom is -0.462 e. The number of hydrogen-bond acceptors (Lipinski definition) is 6. The lowest BCUT2D eigenvalue weighted by Gasteiger charge is -2.04. The summed E-state index contributed by atoms with van der Waals surface area (Å²) in [5, 5.41) is 4.97. The van der Waals surface area contributed by atoms with E-state index in [9.17, 15) is 4.79 Å². The zero-order chi connectivity index (χ0) is 15.4. The second-order valence-corrected chi connectivity index (χ2v) is 5.57. The van der Waals surface area contributed by atoms with E-state index in [0.29, 0.717) is 23.0 Å². The third-order valence-corrected chi connectivity index (χ3v) is 3.62. The normalized spacial score (nSPS) is 10.6. The van der Waals surface area contributed by atoms with Crippen LogP contribution < -0.4 is 5.73 Å². The highest BCUT2D eigenvalue weighted by Gasteiger charge is 2.24. The molecule has 6 nitrogen and oxygen atoms in total. The van der Waals surface area contributed by atoms with E-state index in [1.807, 2.05) is 26.0 Å². The maximum atomic E-state index is 12.1. The Morgan fingerprint density at radius 2 is 2.24 bits per heavy atom. The number of rotatable bonds is 5. The molecule has 2 aromatic rings. The predicted molar refractivity (Wildman–Crippen MR) is 82.9 cm³/mol. The molecule has 0 amide bonds. The van der Waals surface area contributed by atoms with E-state index in [1.165, 1.54) is 16.4 Å². The second-order valence-electron chi connectivity index (χ2n) is 4.32. The first kappa shape index (κ1) is 15.4. The molecule has 0 bridgehead atoms. The fourth-order valence-electron chi connectivity index (χ4n) is 1.85. The van der Waals surface area contributed by atoms with Crippen molar-refractivity contribution in [2.75, 3.05) is 18.1 Å². The van der Waals surface area contributed by atoms with Crippen molar-refractivity contribution in [1.29, 1.82) is 0 Å². The Morgan fingerprint density at radius 3 is 2.86 bits per heavy atom. The van der Waals surface area contributed by atoms with Crippen molar-refractivity contribution in [3.8, 4) is 5.82 Å². The van der Waals surface area contributed by atoms with Crippen LogP contribution in [0.3, 0.4) is 0 Å². The Bertz CT molecular complexity index is 654. The van der Waals surface area contributed by atoms with E-state index in [1.54, 1.807) is 13.1 Å². The number of aromatic nitrogens is 3. The summed E-state index contributed by atoms with van der Waals surface area (Å²) >= 11 is 1.45. The van der Waals surface area contributed by atoms with Gasteiger partial charge >= 0.3 is 5.97 Å². The summed E-state index contributed by atoms with van der Waals surface area (Å²) in [7, 11) is 0. The highest BCUT2D eigenvalue weighted by Crippen LogP contribution is 2.28. The smallest absolute Gasteiger partial charge is 0.344 e. The zero-order valence-electron chi connectivity index (χ0n) is 12.3. The molecule has 2 heterocycles. The number of ether oxygens (including phenoxy) is 1. The monoisotopic (exact) mass is 306 g/mol. The molecule has 0 atom stereocenters. The SMILES string of the molecule is CCOC(=O)c1c(SCC)nn(-c2cc(C)ccn2)c1N. The molecule has 2 aromatic heterocycles. The summed E-state index contributed by atoms with van der Waals surface area (Å²) in [6, 6.07) is 3.75. The van der Waals surface area contributed by atoms with Gasteiger partial charge in [0.05, 0.1) is 6.61 Å². The number of nitrogens with two attached hydrogens (primary N) is 1. The first-order valence-electron chi connectivity index (χ1n) is 6.69. The summed E-state index contributed by atoms with van der Waals surface area (Å²) in [6.07, 6.45) is 1.68. The molecule has 0 spiro atoms. The first-order chi connectivity index (χ1) is 10.1. The molecule has 2 N–H and O–H groups in total. The largest absolute Gasteiger partial charge is 0.462 e. The van der Waals surface area contributed by atoms with Gasteiger partial charge in [0.25, 0.3) is 0 Å². The number of anilines is 1. The van der Waals surface area contributed by atoms with Crippen LogP contribution in [0.5, 0.6) is 0 Å². The molecule has 0 unspecified atom stereocenters. The van der Waals surface area contributed by atoms with Crippen LogP contribution in [-0.2, 0) is 4.74 Å². The number of esters is 1. The number of nitrogens with zero attached hydrogens (tertiary/aromatic N) is 3. The van der Waals surface area contributed by atoms with Crippen molar-refractivity contribution in [3.63, 3.8) is 0 Å². The zero-order valence-corrected chi connectivity index (χ0v) is 13.1. The molecule has 21 heavy (non-hydrogen) atoms. The van der Waals surface area contributed by atoms with Gasteiger partial charge in [-0.25, -0.2) is 9.78 Å². The van der Waals surface area contributed by atoms with Crippen LogP contribution in [0.15, 0.2) is 23.4 Å². The van der Waals surface area contributed by atoms with Crippen molar-refractivity contribution in [3.05, 3.63) is 29.5 Å². The molecule has 7 heteroatoms. The van der Waals surface area contributed by atoms with E-state index < -0.39 is 5.97 Å². The highest BCUT2D eigenvalue weighted by molar-refractivity contribution is 7.99. The van der Waals surface area contributed by atoms with Crippen LogP contribution in [0, 0.1) is 6.92 Å². The van der Waals surface area contributed by atoms with Gasteiger partial charge in [0.2, 0.25) is 0 Å². The molecule has 0 aliphatic rings. The maximum absolute atomic E-state index is 12.1. The quantitative estimate of drug-likeness (QED) is 0.675. The minimum absolute atomic E-state index is 0.252. The maximum Gasteiger partial charge on any atom is 0.344 e. The Labute approximate surface area is 127 Å². The molecular weight excluding hydrogens is 288 g/mol. The lowest BCUT2D eigenvalue weighted by Crippen LogP contribution is -2.10. The van der Waals surface area contributed by atoms with Gasteiger partial charge in [0.1, 0.15) is 16.4 Å². The fraction of sp³-hybridized carbons (Fsp3) is 0.357. The molecular formula is C14H18N4O2S. The van der Waals surface area contributed by atoms with Gasteiger partial charge in [0, 0.05) is 6.20 Å². The van der Waals surface area contributed by atoms with E-state index in [-0.39, 0.29) is 5.82 Å². The average molecular weight is 306 g/mol. The van der Waals surface area contributed by atoms with Crippen LogP contribution in [0.2, 0.25) is 0 Å². The lowest BCUT2D eigenvalue weighted by molar-refractivity contribution is 0.0523. The molecule has 0 radical (unpaired) electrons. The Balaban J connectivity index is 2.53. The summed E-state index contributed by atoms with van der Waals surface area (Å²) in [5.41, 5.74) is 7.45. The third kappa shape index (κ3) is 3.18. The summed E-state index contributed by atoms with van der Waals surface area (Å²) in [5.74, 6) is 1.16. The van der Waals surface area contributed by atoms with Crippen LogP contribution in [0.1, 0.15) is 29.8 Å². The lowest BCUT2D eigenvalue weighted by atomic mass is 10.3. The van der Waals surface area contributed by atoms with Crippen molar-refractivity contribution in [2.24, 2.45) is 0 Å². The summed E-state index contributed by atoms with van der Waals surface area (Å²) < 4.78 is 6.55. The van der Waals surface area contributed by atoms with E-state index in [2.05, 4.69) is 10.1 Å². The molecule has 0 saturated heterocycles. The molecule has 0 fully saturated rings.